The van der Waals surface area contributed by atoms with Crippen molar-refractivity contribution in [3.63, 3.8) is 0 Å². The lowest BCUT2D eigenvalue weighted by Gasteiger charge is -2.45. The molecule has 1 saturated carbocycles. The molecule has 2 fully saturated rings. The summed E-state index contributed by atoms with van der Waals surface area (Å²) >= 11 is 0. The monoisotopic (exact) mass is 200 g/mol. The number of hydrogen-bond acceptors (Lipinski definition) is 3. The van der Waals surface area contributed by atoms with Crippen LogP contribution in [-0.4, -0.2) is 25.3 Å². The number of hydrogen-bond donors (Lipinski definition) is 0. The molecule has 1 saturated heterocycles. The number of methoxy groups -OCH3 is 1. The number of rotatable bonds is 1. The van der Waals surface area contributed by atoms with Crippen molar-refractivity contribution in [2.24, 2.45) is 11.3 Å². The highest BCUT2D eigenvalue weighted by molar-refractivity contribution is 5.00. The van der Waals surface area contributed by atoms with E-state index in [-0.39, 0.29) is 12.2 Å². The van der Waals surface area contributed by atoms with Crippen LogP contribution in [0.4, 0.5) is 0 Å². The topological polar surface area (TPSA) is 27.7 Å². The molecule has 2 aliphatic rings. The summed E-state index contributed by atoms with van der Waals surface area (Å²) in [5.74, 6) is -0.223. The summed E-state index contributed by atoms with van der Waals surface area (Å²) in [6.45, 7) is 8.59. The maximum absolute atomic E-state index is 5.79. The van der Waals surface area contributed by atoms with Gasteiger partial charge in [0.15, 0.2) is 0 Å². The molecule has 0 radical (unpaired) electrons. The molecule has 2 rings (SSSR count). The van der Waals surface area contributed by atoms with Gasteiger partial charge in [-0.15, -0.1) is 0 Å². The maximum Gasteiger partial charge on any atom is 0.280 e. The van der Waals surface area contributed by atoms with Gasteiger partial charge in [-0.2, -0.15) is 0 Å². The minimum atomic E-state index is -0.810. The van der Waals surface area contributed by atoms with E-state index in [1.807, 2.05) is 6.92 Å². The predicted octanol–water partition coefficient (Wildman–Crippen LogP) is 2.16. The van der Waals surface area contributed by atoms with Crippen molar-refractivity contribution in [2.75, 3.05) is 7.11 Å². The molecule has 3 heteroatoms. The van der Waals surface area contributed by atoms with E-state index in [0.717, 1.165) is 6.42 Å². The van der Waals surface area contributed by atoms with E-state index in [2.05, 4.69) is 20.8 Å². The van der Waals surface area contributed by atoms with Crippen molar-refractivity contribution in [3.8, 4) is 0 Å². The van der Waals surface area contributed by atoms with Crippen molar-refractivity contribution in [1.29, 1.82) is 0 Å². The molecular formula is C11H20O3. The van der Waals surface area contributed by atoms with Crippen LogP contribution in [0.15, 0.2) is 0 Å². The van der Waals surface area contributed by atoms with E-state index in [1.165, 1.54) is 0 Å². The van der Waals surface area contributed by atoms with Gasteiger partial charge >= 0.3 is 0 Å². The molecular weight excluding hydrogens is 180 g/mol. The van der Waals surface area contributed by atoms with Crippen LogP contribution < -0.4 is 0 Å². The minimum absolute atomic E-state index is 0.222. The maximum atomic E-state index is 5.79. The Bertz CT molecular complexity index is 233. The summed E-state index contributed by atoms with van der Waals surface area (Å²) in [6.07, 6.45) is 1.55. The minimum Gasteiger partial charge on any atom is -0.331 e. The van der Waals surface area contributed by atoms with Gasteiger partial charge in [-0.1, -0.05) is 20.8 Å². The summed E-state index contributed by atoms with van der Waals surface area (Å²) < 4.78 is 16.7. The van der Waals surface area contributed by atoms with E-state index in [9.17, 15) is 0 Å². The molecule has 14 heavy (non-hydrogen) atoms. The van der Waals surface area contributed by atoms with Gasteiger partial charge in [-0.05, 0) is 17.8 Å². The van der Waals surface area contributed by atoms with Crippen molar-refractivity contribution >= 4 is 0 Å². The van der Waals surface area contributed by atoms with E-state index in [1.54, 1.807) is 7.11 Å². The molecule has 0 spiro atoms. The Morgan fingerprint density at radius 3 is 2.43 bits per heavy atom. The van der Waals surface area contributed by atoms with Crippen LogP contribution in [0.1, 0.15) is 34.1 Å². The van der Waals surface area contributed by atoms with E-state index in [0.29, 0.717) is 11.3 Å². The fourth-order valence-corrected chi connectivity index (χ4v) is 2.35. The van der Waals surface area contributed by atoms with E-state index >= 15 is 0 Å². The second-order valence-electron chi connectivity index (χ2n) is 5.51. The van der Waals surface area contributed by atoms with Crippen molar-refractivity contribution in [1.82, 2.24) is 0 Å². The molecule has 0 aromatic heterocycles. The normalized spacial score (nSPS) is 47.4. The summed E-state index contributed by atoms with van der Waals surface area (Å²) in [5.41, 5.74) is 0.295. The van der Waals surface area contributed by atoms with Gasteiger partial charge in [0.05, 0.1) is 12.2 Å². The van der Waals surface area contributed by atoms with Crippen molar-refractivity contribution in [2.45, 2.75) is 52.3 Å². The highest BCUT2D eigenvalue weighted by Gasteiger charge is 2.58. The highest BCUT2D eigenvalue weighted by atomic mass is 16.9. The summed E-state index contributed by atoms with van der Waals surface area (Å²) in [5, 5.41) is 0. The molecule has 1 heterocycles. The first kappa shape index (κ1) is 10.4. The lowest BCUT2D eigenvalue weighted by atomic mass is 9.65. The summed E-state index contributed by atoms with van der Waals surface area (Å²) in [6, 6.07) is 0. The van der Waals surface area contributed by atoms with Gasteiger partial charge in [0.1, 0.15) is 0 Å². The van der Waals surface area contributed by atoms with Gasteiger partial charge in [0.2, 0.25) is 0 Å². The second-order valence-corrected chi connectivity index (χ2v) is 5.51. The second kappa shape index (κ2) is 2.94. The largest absolute Gasteiger partial charge is 0.331 e. The molecule has 0 aromatic rings. The number of ether oxygens (including phenoxy) is 3. The van der Waals surface area contributed by atoms with Crippen LogP contribution in [-0.2, 0) is 14.2 Å². The van der Waals surface area contributed by atoms with Crippen LogP contribution in [0.25, 0.3) is 0 Å². The Kier molecular flexibility index (Phi) is 2.18. The van der Waals surface area contributed by atoms with Gasteiger partial charge < -0.3 is 14.2 Å². The molecule has 0 bridgehead atoms. The zero-order chi connectivity index (χ0) is 10.6. The Morgan fingerprint density at radius 2 is 1.93 bits per heavy atom. The zero-order valence-corrected chi connectivity index (χ0v) is 9.66. The standard InChI is InChI=1S/C11H20O3/c1-10(2,3)7-6-8-9(7)14-11(4,12-5)13-8/h7-9H,6H2,1-5H3. The van der Waals surface area contributed by atoms with Crippen LogP contribution in [0, 0.1) is 11.3 Å². The molecule has 0 amide bonds. The third-order valence-corrected chi connectivity index (χ3v) is 3.45. The van der Waals surface area contributed by atoms with Crippen LogP contribution in [0.2, 0.25) is 0 Å². The van der Waals surface area contributed by atoms with E-state index < -0.39 is 5.97 Å². The highest BCUT2D eigenvalue weighted by Crippen LogP contribution is 2.51. The first-order chi connectivity index (χ1) is 6.36. The van der Waals surface area contributed by atoms with Crippen LogP contribution >= 0.6 is 0 Å². The van der Waals surface area contributed by atoms with Crippen LogP contribution in [0.5, 0.6) is 0 Å². The quantitative estimate of drug-likeness (QED) is 0.649. The van der Waals surface area contributed by atoms with Crippen molar-refractivity contribution < 1.29 is 14.2 Å². The average molecular weight is 200 g/mol. The fraction of sp³-hybridized carbons (Fsp3) is 1.00. The first-order valence-corrected chi connectivity index (χ1v) is 5.26. The molecule has 1 aliphatic carbocycles. The third-order valence-electron chi connectivity index (χ3n) is 3.45. The molecule has 0 N–H and O–H groups in total. The van der Waals surface area contributed by atoms with Gasteiger partial charge in [0, 0.05) is 14.0 Å². The van der Waals surface area contributed by atoms with Crippen molar-refractivity contribution in [3.05, 3.63) is 0 Å². The molecule has 1 aliphatic heterocycles. The Balaban J connectivity index is 2.03. The number of fused-ring (bicyclic) bond motifs is 1. The molecule has 3 nitrogen and oxygen atoms in total. The van der Waals surface area contributed by atoms with Gasteiger partial charge in [-0.3, -0.25) is 0 Å². The smallest absolute Gasteiger partial charge is 0.280 e. The lowest BCUT2D eigenvalue weighted by Crippen LogP contribution is -2.50. The molecule has 82 valence electrons. The van der Waals surface area contributed by atoms with Gasteiger partial charge in [0.25, 0.3) is 5.97 Å². The summed E-state index contributed by atoms with van der Waals surface area (Å²) in [4.78, 5) is 0. The Hall–Kier alpha value is -0.120. The first-order valence-electron chi connectivity index (χ1n) is 5.26. The Labute approximate surface area is 85.7 Å². The molecule has 4 unspecified atom stereocenters. The average Bonchev–Trinajstić information content (AvgIpc) is 2.27. The summed E-state index contributed by atoms with van der Waals surface area (Å²) in [7, 11) is 1.62. The molecule has 4 atom stereocenters. The SMILES string of the molecule is COC1(C)OC2CC(C(C)(C)C)C2O1. The lowest BCUT2D eigenvalue weighted by molar-refractivity contribution is -0.315. The Morgan fingerprint density at radius 1 is 1.29 bits per heavy atom. The third kappa shape index (κ3) is 1.47. The predicted molar refractivity (Wildman–Crippen MR) is 52.7 cm³/mol. The van der Waals surface area contributed by atoms with Gasteiger partial charge in [-0.25, -0.2) is 0 Å². The fourth-order valence-electron chi connectivity index (χ4n) is 2.35. The molecule has 0 aromatic carbocycles. The zero-order valence-electron chi connectivity index (χ0n) is 9.66. The van der Waals surface area contributed by atoms with Crippen LogP contribution in [0.3, 0.4) is 0 Å². The van der Waals surface area contributed by atoms with E-state index in [4.69, 9.17) is 14.2 Å².